The van der Waals surface area contributed by atoms with Crippen LogP contribution in [0, 0.1) is 5.82 Å². The minimum atomic E-state index is -0.210. The second-order valence-corrected chi connectivity index (χ2v) is 6.20. The average molecular weight is 325 g/mol. The number of piperidine rings is 1. The second kappa shape index (κ2) is 6.61. The third-order valence-corrected chi connectivity index (χ3v) is 4.52. The maximum absolute atomic E-state index is 12.9. The van der Waals surface area contributed by atoms with Crippen LogP contribution in [0.25, 0.3) is 11.0 Å². The third-order valence-electron chi connectivity index (χ3n) is 4.52. The number of hydrogen-bond acceptors (Lipinski definition) is 3. The summed E-state index contributed by atoms with van der Waals surface area (Å²) in [5.41, 5.74) is 3.08. The SMILES string of the molecule is Fc1ccc(COC2CCN(c3nc4ccccc4[nH]3)CC2)cc1. The summed E-state index contributed by atoms with van der Waals surface area (Å²) >= 11 is 0. The molecule has 1 aliphatic rings. The predicted molar refractivity (Wildman–Crippen MR) is 92.5 cm³/mol. The van der Waals surface area contributed by atoms with Crippen molar-refractivity contribution in [1.82, 2.24) is 9.97 Å². The number of halogens is 1. The fourth-order valence-electron chi connectivity index (χ4n) is 3.12. The summed E-state index contributed by atoms with van der Waals surface area (Å²) in [7, 11) is 0. The lowest BCUT2D eigenvalue weighted by atomic mass is 10.1. The molecule has 0 atom stereocenters. The predicted octanol–water partition coefficient (Wildman–Crippen LogP) is 3.89. The number of H-pyrrole nitrogens is 1. The van der Waals surface area contributed by atoms with Crippen molar-refractivity contribution in [3.8, 4) is 0 Å². The number of rotatable bonds is 4. The van der Waals surface area contributed by atoms with Crippen LogP contribution in [0.4, 0.5) is 10.3 Å². The van der Waals surface area contributed by atoms with Crippen molar-refractivity contribution in [2.45, 2.75) is 25.6 Å². The summed E-state index contributed by atoms with van der Waals surface area (Å²) in [5.74, 6) is 0.728. The Balaban J connectivity index is 1.32. The molecule has 24 heavy (non-hydrogen) atoms. The Bertz CT molecular complexity index is 774. The van der Waals surface area contributed by atoms with Crippen LogP contribution in [-0.2, 0) is 11.3 Å². The first kappa shape index (κ1) is 15.1. The molecule has 1 aliphatic heterocycles. The normalized spacial score (nSPS) is 16.0. The number of anilines is 1. The lowest BCUT2D eigenvalue weighted by Crippen LogP contribution is -2.37. The molecular formula is C19H20FN3O. The largest absolute Gasteiger partial charge is 0.373 e. The van der Waals surface area contributed by atoms with Crippen LogP contribution in [-0.4, -0.2) is 29.2 Å². The molecule has 5 heteroatoms. The fraction of sp³-hybridized carbons (Fsp3) is 0.316. The molecule has 0 radical (unpaired) electrons. The van der Waals surface area contributed by atoms with Crippen molar-refractivity contribution in [2.75, 3.05) is 18.0 Å². The molecule has 1 N–H and O–H groups in total. The maximum atomic E-state index is 12.9. The number of para-hydroxylation sites is 2. The monoisotopic (exact) mass is 325 g/mol. The van der Waals surface area contributed by atoms with Gasteiger partial charge >= 0.3 is 0 Å². The van der Waals surface area contributed by atoms with E-state index in [4.69, 9.17) is 4.74 Å². The van der Waals surface area contributed by atoms with Crippen molar-refractivity contribution < 1.29 is 9.13 Å². The summed E-state index contributed by atoms with van der Waals surface area (Å²) in [6, 6.07) is 14.6. The van der Waals surface area contributed by atoms with Gasteiger partial charge in [0.25, 0.3) is 0 Å². The Kier molecular flexibility index (Phi) is 4.17. The Morgan fingerprint density at radius 3 is 2.58 bits per heavy atom. The van der Waals surface area contributed by atoms with Crippen molar-refractivity contribution in [2.24, 2.45) is 0 Å². The molecule has 0 spiro atoms. The summed E-state index contributed by atoms with van der Waals surface area (Å²) in [6.07, 6.45) is 2.19. The molecule has 0 aliphatic carbocycles. The van der Waals surface area contributed by atoms with Gasteiger partial charge in [-0.15, -0.1) is 0 Å². The van der Waals surface area contributed by atoms with Crippen LogP contribution in [0.5, 0.6) is 0 Å². The summed E-state index contributed by atoms with van der Waals surface area (Å²) in [4.78, 5) is 10.3. The molecule has 2 heterocycles. The van der Waals surface area contributed by atoms with E-state index in [1.54, 1.807) is 12.1 Å². The average Bonchev–Trinajstić information content (AvgIpc) is 3.06. The van der Waals surface area contributed by atoms with E-state index in [-0.39, 0.29) is 11.9 Å². The topological polar surface area (TPSA) is 41.1 Å². The van der Waals surface area contributed by atoms with E-state index in [2.05, 4.69) is 14.9 Å². The number of hydrogen-bond donors (Lipinski definition) is 1. The molecule has 3 aromatic rings. The van der Waals surface area contributed by atoms with Crippen molar-refractivity contribution in [3.63, 3.8) is 0 Å². The molecule has 0 bridgehead atoms. The first-order valence-corrected chi connectivity index (χ1v) is 8.34. The van der Waals surface area contributed by atoms with Gasteiger partial charge in [0, 0.05) is 13.1 Å². The quantitative estimate of drug-likeness (QED) is 0.791. The fourth-order valence-corrected chi connectivity index (χ4v) is 3.12. The highest BCUT2D eigenvalue weighted by molar-refractivity contribution is 5.77. The van der Waals surface area contributed by atoms with Crippen LogP contribution in [0.1, 0.15) is 18.4 Å². The molecule has 4 rings (SSSR count). The van der Waals surface area contributed by atoms with Crippen LogP contribution in [0.2, 0.25) is 0 Å². The zero-order valence-corrected chi connectivity index (χ0v) is 13.4. The van der Waals surface area contributed by atoms with Gasteiger partial charge in [-0.2, -0.15) is 0 Å². The smallest absolute Gasteiger partial charge is 0.203 e. The van der Waals surface area contributed by atoms with Gasteiger partial charge in [0.2, 0.25) is 5.95 Å². The highest BCUT2D eigenvalue weighted by atomic mass is 19.1. The number of aromatic nitrogens is 2. The number of benzene rings is 2. The Hall–Kier alpha value is -2.40. The molecular weight excluding hydrogens is 305 g/mol. The first-order chi connectivity index (χ1) is 11.8. The van der Waals surface area contributed by atoms with Gasteiger partial charge in [0.1, 0.15) is 5.82 Å². The van der Waals surface area contributed by atoms with E-state index in [0.29, 0.717) is 6.61 Å². The zero-order chi connectivity index (χ0) is 16.4. The summed E-state index contributed by atoms with van der Waals surface area (Å²) in [6.45, 7) is 2.39. The van der Waals surface area contributed by atoms with Gasteiger partial charge in [0.05, 0.1) is 23.7 Å². The van der Waals surface area contributed by atoms with Crippen LogP contribution >= 0.6 is 0 Å². The standard InChI is InChI=1S/C19H20FN3O/c20-15-7-5-14(6-8-15)13-24-16-9-11-23(12-10-16)19-21-17-3-1-2-4-18(17)22-19/h1-8,16H,9-13H2,(H,21,22). The van der Waals surface area contributed by atoms with Crippen LogP contribution < -0.4 is 4.90 Å². The molecule has 124 valence electrons. The lowest BCUT2D eigenvalue weighted by Gasteiger charge is -2.31. The lowest BCUT2D eigenvalue weighted by molar-refractivity contribution is 0.0250. The molecule has 1 saturated heterocycles. The molecule has 0 unspecified atom stereocenters. The molecule has 4 nitrogen and oxygen atoms in total. The van der Waals surface area contributed by atoms with E-state index >= 15 is 0 Å². The molecule has 0 amide bonds. The molecule has 0 saturated carbocycles. The third kappa shape index (κ3) is 3.26. The van der Waals surface area contributed by atoms with E-state index in [0.717, 1.165) is 48.5 Å². The first-order valence-electron chi connectivity index (χ1n) is 8.34. The van der Waals surface area contributed by atoms with Crippen molar-refractivity contribution >= 4 is 17.0 Å². The maximum Gasteiger partial charge on any atom is 0.203 e. The van der Waals surface area contributed by atoms with Gasteiger partial charge in [-0.05, 0) is 42.7 Å². The number of imidazole rings is 1. The molecule has 2 aromatic carbocycles. The summed E-state index contributed by atoms with van der Waals surface area (Å²) < 4.78 is 18.9. The van der Waals surface area contributed by atoms with Gasteiger partial charge in [0.15, 0.2) is 0 Å². The van der Waals surface area contributed by atoms with Crippen LogP contribution in [0.3, 0.4) is 0 Å². The van der Waals surface area contributed by atoms with E-state index in [1.807, 2.05) is 24.3 Å². The van der Waals surface area contributed by atoms with E-state index in [9.17, 15) is 4.39 Å². The number of aromatic amines is 1. The van der Waals surface area contributed by atoms with Crippen molar-refractivity contribution in [3.05, 3.63) is 59.9 Å². The van der Waals surface area contributed by atoms with Gasteiger partial charge in [-0.25, -0.2) is 9.37 Å². The second-order valence-electron chi connectivity index (χ2n) is 6.20. The Morgan fingerprint density at radius 2 is 1.83 bits per heavy atom. The minimum absolute atomic E-state index is 0.210. The minimum Gasteiger partial charge on any atom is -0.373 e. The van der Waals surface area contributed by atoms with Gasteiger partial charge in [-0.3, -0.25) is 0 Å². The van der Waals surface area contributed by atoms with E-state index in [1.165, 1.54) is 12.1 Å². The number of ether oxygens (including phenoxy) is 1. The Labute approximate surface area is 140 Å². The van der Waals surface area contributed by atoms with Gasteiger partial charge in [-0.1, -0.05) is 24.3 Å². The number of nitrogens with zero attached hydrogens (tertiary/aromatic N) is 2. The highest BCUT2D eigenvalue weighted by Gasteiger charge is 2.21. The van der Waals surface area contributed by atoms with Crippen LogP contribution in [0.15, 0.2) is 48.5 Å². The Morgan fingerprint density at radius 1 is 1.08 bits per heavy atom. The number of nitrogens with one attached hydrogen (secondary N) is 1. The molecule has 1 fully saturated rings. The zero-order valence-electron chi connectivity index (χ0n) is 13.4. The van der Waals surface area contributed by atoms with E-state index < -0.39 is 0 Å². The van der Waals surface area contributed by atoms with Crippen molar-refractivity contribution in [1.29, 1.82) is 0 Å². The van der Waals surface area contributed by atoms with Gasteiger partial charge < -0.3 is 14.6 Å². The molecule has 1 aromatic heterocycles. The highest BCUT2D eigenvalue weighted by Crippen LogP contribution is 2.22. The number of fused-ring (bicyclic) bond motifs is 1. The summed E-state index contributed by atoms with van der Waals surface area (Å²) in [5, 5.41) is 0.